The van der Waals surface area contributed by atoms with Crippen LogP contribution in [-0.2, 0) is 4.74 Å². The Labute approximate surface area is 66.0 Å². The number of hydrogen-bond donors (Lipinski definition) is 1. The summed E-state index contributed by atoms with van der Waals surface area (Å²) in [5.74, 6) is 0. The second-order valence-electron chi connectivity index (χ2n) is 1.60. The monoisotopic (exact) mass is 153 g/mol. The van der Waals surface area contributed by atoms with Gasteiger partial charge in [0.05, 0.1) is 6.26 Å². The van der Waals surface area contributed by atoms with Gasteiger partial charge in [0, 0.05) is 7.05 Å². The van der Waals surface area contributed by atoms with Crippen molar-refractivity contribution < 1.29 is 9.53 Å². The van der Waals surface area contributed by atoms with Gasteiger partial charge in [-0.1, -0.05) is 24.8 Å². The van der Waals surface area contributed by atoms with Crippen LogP contribution >= 0.6 is 0 Å². The van der Waals surface area contributed by atoms with Crippen LogP contribution < -0.4 is 5.32 Å². The summed E-state index contributed by atoms with van der Waals surface area (Å²) in [7, 11) is 1.50. The van der Waals surface area contributed by atoms with E-state index in [4.69, 9.17) is 0 Å². The van der Waals surface area contributed by atoms with Crippen LogP contribution in [0.5, 0.6) is 0 Å². The van der Waals surface area contributed by atoms with Gasteiger partial charge >= 0.3 is 6.09 Å². The van der Waals surface area contributed by atoms with E-state index >= 15 is 0 Å². The fourth-order valence-corrected chi connectivity index (χ4v) is 0.348. The van der Waals surface area contributed by atoms with E-state index < -0.39 is 6.09 Å². The number of allylic oxidation sites excluding steroid dienone is 4. The molecule has 0 aromatic heterocycles. The van der Waals surface area contributed by atoms with E-state index in [2.05, 4.69) is 16.6 Å². The lowest BCUT2D eigenvalue weighted by Gasteiger charge is -1.93. The maximum Gasteiger partial charge on any atom is 0.411 e. The van der Waals surface area contributed by atoms with Crippen LogP contribution in [-0.4, -0.2) is 13.1 Å². The standard InChI is InChI=1S/C8H11NO2/c1-3-4-5-6-7-11-8(10)9-2/h3-7H,1H2,2H3,(H,9,10)/b5-4-,7-6-. The first-order valence-corrected chi connectivity index (χ1v) is 3.14. The molecule has 60 valence electrons. The largest absolute Gasteiger partial charge is 0.418 e. The minimum absolute atomic E-state index is 0.478. The lowest BCUT2D eigenvalue weighted by molar-refractivity contribution is 0.188. The molecule has 1 N–H and O–H groups in total. The van der Waals surface area contributed by atoms with Crippen LogP contribution in [0.1, 0.15) is 0 Å². The van der Waals surface area contributed by atoms with Crippen LogP contribution in [0.15, 0.2) is 37.1 Å². The Morgan fingerprint density at radius 3 is 2.73 bits per heavy atom. The third-order valence-electron chi connectivity index (χ3n) is 0.816. The van der Waals surface area contributed by atoms with Gasteiger partial charge in [-0.15, -0.1) is 0 Å². The number of amides is 1. The average molecular weight is 153 g/mol. The molecular formula is C8H11NO2. The summed E-state index contributed by atoms with van der Waals surface area (Å²) >= 11 is 0. The van der Waals surface area contributed by atoms with Crippen molar-refractivity contribution in [1.29, 1.82) is 0 Å². The molecule has 0 unspecified atom stereocenters. The predicted octanol–water partition coefficient (Wildman–Crippen LogP) is 1.60. The van der Waals surface area contributed by atoms with Gasteiger partial charge < -0.3 is 10.1 Å². The molecule has 0 aliphatic rings. The Balaban J connectivity index is 3.52. The third kappa shape index (κ3) is 6.37. The zero-order valence-corrected chi connectivity index (χ0v) is 6.41. The average Bonchev–Trinajstić information content (AvgIpc) is 2.04. The van der Waals surface area contributed by atoms with Gasteiger partial charge in [0.2, 0.25) is 0 Å². The molecule has 0 fully saturated rings. The highest BCUT2D eigenvalue weighted by atomic mass is 16.5. The lowest BCUT2D eigenvalue weighted by atomic mass is 10.5. The van der Waals surface area contributed by atoms with Crippen molar-refractivity contribution in [3.05, 3.63) is 37.1 Å². The number of alkyl carbamates (subject to hydrolysis) is 1. The summed E-state index contributed by atoms with van der Waals surface area (Å²) < 4.78 is 4.52. The summed E-state index contributed by atoms with van der Waals surface area (Å²) in [5.41, 5.74) is 0. The summed E-state index contributed by atoms with van der Waals surface area (Å²) in [6, 6.07) is 0. The summed E-state index contributed by atoms with van der Waals surface area (Å²) in [6.07, 6.45) is 7.47. The second-order valence-corrected chi connectivity index (χ2v) is 1.60. The maximum atomic E-state index is 10.4. The highest BCUT2D eigenvalue weighted by Crippen LogP contribution is 1.81. The smallest absolute Gasteiger partial charge is 0.411 e. The Hall–Kier alpha value is -1.51. The fourth-order valence-electron chi connectivity index (χ4n) is 0.348. The molecular weight excluding hydrogens is 142 g/mol. The minimum atomic E-state index is -0.478. The Morgan fingerprint density at radius 1 is 1.45 bits per heavy atom. The quantitative estimate of drug-likeness (QED) is 0.494. The van der Waals surface area contributed by atoms with Crippen LogP contribution in [0.4, 0.5) is 4.79 Å². The Morgan fingerprint density at radius 2 is 2.18 bits per heavy atom. The van der Waals surface area contributed by atoms with E-state index in [1.165, 1.54) is 13.3 Å². The molecule has 0 aliphatic heterocycles. The minimum Gasteiger partial charge on any atom is -0.418 e. The van der Waals surface area contributed by atoms with Crippen molar-refractivity contribution in [3.8, 4) is 0 Å². The number of ether oxygens (including phenoxy) is 1. The first-order chi connectivity index (χ1) is 5.31. The highest BCUT2D eigenvalue weighted by Gasteiger charge is 1.88. The normalized spacial score (nSPS) is 10.3. The number of rotatable bonds is 3. The zero-order chi connectivity index (χ0) is 8.53. The summed E-state index contributed by atoms with van der Waals surface area (Å²) in [5, 5.41) is 2.30. The van der Waals surface area contributed by atoms with Gasteiger partial charge in [-0.25, -0.2) is 4.79 Å². The Kier molecular flexibility index (Phi) is 5.70. The van der Waals surface area contributed by atoms with E-state index in [-0.39, 0.29) is 0 Å². The van der Waals surface area contributed by atoms with Crippen LogP contribution in [0, 0.1) is 0 Å². The second kappa shape index (κ2) is 6.61. The highest BCUT2D eigenvalue weighted by molar-refractivity contribution is 5.67. The van der Waals surface area contributed by atoms with Crippen molar-refractivity contribution in [2.45, 2.75) is 0 Å². The SMILES string of the molecule is C=C/C=C\C=C/OC(=O)NC. The molecule has 0 atom stereocenters. The van der Waals surface area contributed by atoms with Gasteiger partial charge in [0.15, 0.2) is 0 Å². The molecule has 1 amide bonds. The molecule has 0 saturated carbocycles. The summed E-state index contributed by atoms with van der Waals surface area (Å²) in [6.45, 7) is 3.47. The van der Waals surface area contributed by atoms with Gasteiger partial charge in [-0.2, -0.15) is 0 Å². The number of carbonyl (C=O) groups excluding carboxylic acids is 1. The number of carbonyl (C=O) groups is 1. The van der Waals surface area contributed by atoms with Gasteiger partial charge in [0.25, 0.3) is 0 Å². The van der Waals surface area contributed by atoms with Crippen molar-refractivity contribution in [1.82, 2.24) is 5.32 Å². The van der Waals surface area contributed by atoms with Gasteiger partial charge in [-0.05, 0) is 6.08 Å². The third-order valence-corrected chi connectivity index (χ3v) is 0.816. The lowest BCUT2D eigenvalue weighted by Crippen LogP contribution is -2.16. The molecule has 0 spiro atoms. The van der Waals surface area contributed by atoms with Crippen molar-refractivity contribution in [2.75, 3.05) is 7.05 Å². The van der Waals surface area contributed by atoms with Crippen molar-refractivity contribution >= 4 is 6.09 Å². The van der Waals surface area contributed by atoms with Crippen molar-refractivity contribution in [2.24, 2.45) is 0 Å². The molecule has 0 aliphatic carbocycles. The number of nitrogens with one attached hydrogen (secondary N) is 1. The van der Waals surface area contributed by atoms with Gasteiger partial charge in [-0.3, -0.25) is 0 Å². The Bertz CT molecular complexity index is 183. The molecule has 0 heterocycles. The molecule has 0 radical (unpaired) electrons. The molecule has 0 aromatic rings. The van der Waals surface area contributed by atoms with E-state index in [1.54, 1.807) is 24.3 Å². The fraction of sp³-hybridized carbons (Fsp3) is 0.125. The van der Waals surface area contributed by atoms with E-state index in [0.29, 0.717) is 0 Å². The molecule has 0 rings (SSSR count). The molecule has 11 heavy (non-hydrogen) atoms. The molecule has 3 heteroatoms. The van der Waals surface area contributed by atoms with Gasteiger partial charge in [0.1, 0.15) is 0 Å². The molecule has 3 nitrogen and oxygen atoms in total. The topological polar surface area (TPSA) is 38.3 Å². The van der Waals surface area contributed by atoms with Crippen molar-refractivity contribution in [3.63, 3.8) is 0 Å². The first kappa shape index (κ1) is 9.49. The summed E-state index contributed by atoms with van der Waals surface area (Å²) in [4.78, 5) is 10.4. The number of hydrogen-bond acceptors (Lipinski definition) is 2. The van der Waals surface area contributed by atoms with Crippen LogP contribution in [0.2, 0.25) is 0 Å². The zero-order valence-electron chi connectivity index (χ0n) is 6.41. The molecule has 0 bridgehead atoms. The first-order valence-electron chi connectivity index (χ1n) is 3.14. The van der Waals surface area contributed by atoms with E-state index in [1.807, 2.05) is 0 Å². The van der Waals surface area contributed by atoms with Crippen LogP contribution in [0.3, 0.4) is 0 Å². The molecule has 0 saturated heterocycles. The van der Waals surface area contributed by atoms with E-state index in [0.717, 1.165) is 0 Å². The maximum absolute atomic E-state index is 10.4. The molecule has 0 aromatic carbocycles. The van der Waals surface area contributed by atoms with Crippen LogP contribution in [0.25, 0.3) is 0 Å². The predicted molar refractivity (Wildman–Crippen MR) is 44.0 cm³/mol. The van der Waals surface area contributed by atoms with E-state index in [9.17, 15) is 4.79 Å².